The number of hydrogen-bond donors (Lipinski definition) is 2. The molecule has 3 aromatic rings. The lowest BCUT2D eigenvalue weighted by atomic mass is 9.69. The van der Waals surface area contributed by atoms with E-state index in [1.807, 2.05) is 61.0 Å². The Hall–Kier alpha value is -3.87. The highest BCUT2D eigenvalue weighted by Crippen LogP contribution is 2.51. The molecule has 0 fully saturated rings. The van der Waals surface area contributed by atoms with Gasteiger partial charge in [-0.1, -0.05) is 49.7 Å². The van der Waals surface area contributed by atoms with Crippen LogP contribution in [0.25, 0.3) is 5.69 Å². The number of carboxylic acid groups (broad SMARTS) is 1. The molecule has 5 rings (SSSR count). The molecule has 2 aliphatic rings. The molecule has 0 radical (unpaired) electrons. The predicted molar refractivity (Wildman–Crippen MR) is 133 cm³/mol. The van der Waals surface area contributed by atoms with Gasteiger partial charge in [0.1, 0.15) is 11.6 Å². The minimum atomic E-state index is -1.05. The maximum atomic E-state index is 13.6. The van der Waals surface area contributed by atoms with Gasteiger partial charge in [-0.15, -0.1) is 0 Å². The standard InChI is InChI=1S/C28H29N3O4/c1-16-9-11-18(12-10-16)31-27-24(17(2)30-31)25(19-7-5-6-8-22(19)35-15-23(33)34)26-20(29-27)13-28(3,4)14-21(26)32/h5-12,25,29H,13-15H2,1-4H3,(H,33,34)/t25-/m0/s1. The second kappa shape index (κ2) is 8.41. The van der Waals surface area contributed by atoms with Crippen molar-refractivity contribution in [2.75, 3.05) is 11.9 Å². The summed E-state index contributed by atoms with van der Waals surface area (Å²) >= 11 is 0. The molecule has 1 aliphatic carbocycles. The third-order valence-electron chi connectivity index (χ3n) is 6.73. The number of anilines is 1. The van der Waals surface area contributed by atoms with Crippen LogP contribution in [0.1, 0.15) is 55.0 Å². The van der Waals surface area contributed by atoms with E-state index in [9.17, 15) is 14.7 Å². The van der Waals surface area contributed by atoms with Crippen LogP contribution in [0.4, 0.5) is 5.82 Å². The van der Waals surface area contributed by atoms with E-state index >= 15 is 0 Å². The summed E-state index contributed by atoms with van der Waals surface area (Å²) in [4.78, 5) is 24.8. The normalized spacial score (nSPS) is 18.5. The lowest BCUT2D eigenvalue weighted by Crippen LogP contribution is -2.34. The highest BCUT2D eigenvalue weighted by atomic mass is 16.5. The lowest BCUT2D eigenvalue weighted by molar-refractivity contribution is -0.139. The van der Waals surface area contributed by atoms with Crippen molar-refractivity contribution in [3.8, 4) is 11.4 Å². The zero-order valence-corrected chi connectivity index (χ0v) is 20.4. The van der Waals surface area contributed by atoms with Crippen molar-refractivity contribution in [3.63, 3.8) is 0 Å². The highest BCUT2D eigenvalue weighted by Gasteiger charge is 2.43. The number of nitrogens with one attached hydrogen (secondary N) is 1. The Balaban J connectivity index is 1.73. The molecule has 0 saturated carbocycles. The topological polar surface area (TPSA) is 93.5 Å². The van der Waals surface area contributed by atoms with Crippen molar-refractivity contribution in [1.29, 1.82) is 0 Å². The van der Waals surface area contributed by atoms with Gasteiger partial charge in [-0.25, -0.2) is 9.48 Å². The van der Waals surface area contributed by atoms with Crippen LogP contribution < -0.4 is 10.1 Å². The van der Waals surface area contributed by atoms with E-state index in [0.717, 1.165) is 51.6 Å². The molecule has 1 atom stereocenters. The van der Waals surface area contributed by atoms with Gasteiger partial charge in [-0.3, -0.25) is 4.79 Å². The van der Waals surface area contributed by atoms with Gasteiger partial charge in [-0.2, -0.15) is 5.10 Å². The third-order valence-corrected chi connectivity index (χ3v) is 6.73. The number of rotatable bonds is 5. The fourth-order valence-corrected chi connectivity index (χ4v) is 5.25. The van der Waals surface area contributed by atoms with Crippen molar-refractivity contribution in [1.82, 2.24) is 9.78 Å². The van der Waals surface area contributed by atoms with Crippen LogP contribution in [0.3, 0.4) is 0 Å². The summed E-state index contributed by atoms with van der Waals surface area (Å²) in [7, 11) is 0. The number of hydrogen-bond acceptors (Lipinski definition) is 5. The number of aryl methyl sites for hydroxylation is 2. The maximum absolute atomic E-state index is 13.6. The first-order valence-corrected chi connectivity index (χ1v) is 11.8. The number of carbonyl (C=O) groups is 2. The zero-order valence-electron chi connectivity index (χ0n) is 20.4. The summed E-state index contributed by atoms with van der Waals surface area (Å²) < 4.78 is 7.58. The molecule has 0 spiro atoms. The molecule has 0 unspecified atom stereocenters. The first-order chi connectivity index (χ1) is 16.6. The van der Waals surface area contributed by atoms with E-state index in [4.69, 9.17) is 9.84 Å². The summed E-state index contributed by atoms with van der Waals surface area (Å²) in [6.07, 6.45) is 1.17. The van der Waals surface area contributed by atoms with Crippen molar-refractivity contribution in [2.45, 2.75) is 46.5 Å². The minimum absolute atomic E-state index is 0.0925. The monoisotopic (exact) mass is 471 g/mol. The molecule has 2 N–H and O–H groups in total. The number of carbonyl (C=O) groups excluding carboxylic acids is 1. The molecule has 0 saturated heterocycles. The summed E-state index contributed by atoms with van der Waals surface area (Å²) in [5.74, 6) is -0.0816. The van der Waals surface area contributed by atoms with Crippen molar-refractivity contribution in [3.05, 3.63) is 82.2 Å². The van der Waals surface area contributed by atoms with Crippen molar-refractivity contribution >= 4 is 17.6 Å². The van der Waals surface area contributed by atoms with Gasteiger partial charge in [0.2, 0.25) is 0 Å². The van der Waals surface area contributed by atoms with Crippen molar-refractivity contribution in [2.24, 2.45) is 5.41 Å². The van der Waals surface area contributed by atoms with Gasteiger partial charge in [0.25, 0.3) is 0 Å². The molecule has 1 aromatic heterocycles. The first kappa shape index (κ1) is 22.9. The fourth-order valence-electron chi connectivity index (χ4n) is 5.25. The van der Waals surface area contributed by atoms with E-state index in [-0.39, 0.29) is 11.2 Å². The molecule has 1 aliphatic heterocycles. The molecule has 180 valence electrons. The van der Waals surface area contributed by atoms with Crippen LogP contribution in [-0.2, 0) is 9.59 Å². The van der Waals surface area contributed by atoms with Gasteiger partial charge in [-0.05, 0) is 43.9 Å². The lowest BCUT2D eigenvalue weighted by Gasteiger charge is -2.39. The van der Waals surface area contributed by atoms with E-state index in [0.29, 0.717) is 12.2 Å². The van der Waals surface area contributed by atoms with E-state index in [2.05, 4.69) is 19.2 Å². The first-order valence-electron chi connectivity index (χ1n) is 11.8. The van der Waals surface area contributed by atoms with Crippen LogP contribution in [0, 0.1) is 19.3 Å². The van der Waals surface area contributed by atoms with Gasteiger partial charge in [0.15, 0.2) is 12.4 Å². The third kappa shape index (κ3) is 4.11. The summed E-state index contributed by atoms with van der Waals surface area (Å²) in [5.41, 5.74) is 6.00. The van der Waals surface area contributed by atoms with Gasteiger partial charge in [0, 0.05) is 34.7 Å². The molecule has 2 aromatic carbocycles. The van der Waals surface area contributed by atoms with E-state index in [1.165, 1.54) is 0 Å². The molecule has 7 heteroatoms. The number of para-hydroxylation sites is 1. The Morgan fingerprint density at radius 3 is 2.57 bits per heavy atom. The maximum Gasteiger partial charge on any atom is 0.341 e. The quantitative estimate of drug-likeness (QED) is 0.534. The number of nitrogens with zero attached hydrogens (tertiary/aromatic N) is 2. The number of aliphatic carboxylic acids is 1. The van der Waals surface area contributed by atoms with Crippen LogP contribution in [0.2, 0.25) is 0 Å². The number of Topliss-reactive ketones (excluding diaryl/α,β-unsaturated/α-hetero) is 1. The molecular formula is C28H29N3O4. The number of fused-ring (bicyclic) bond motifs is 1. The number of ketones is 1. The molecule has 35 heavy (non-hydrogen) atoms. The van der Waals surface area contributed by atoms with Gasteiger partial charge in [0.05, 0.1) is 11.4 Å². The SMILES string of the molecule is Cc1ccc(-n2nc(C)c3c2NC2=C(C(=O)CC(C)(C)C2)[C@H]3c2ccccc2OCC(=O)O)cc1. The number of ether oxygens (including phenoxy) is 1. The Morgan fingerprint density at radius 2 is 1.86 bits per heavy atom. The average molecular weight is 472 g/mol. The average Bonchev–Trinajstić information content (AvgIpc) is 3.12. The number of carboxylic acids is 1. The molecule has 0 amide bonds. The smallest absolute Gasteiger partial charge is 0.341 e. The summed E-state index contributed by atoms with van der Waals surface area (Å²) in [5, 5.41) is 17.7. The highest BCUT2D eigenvalue weighted by molar-refractivity contribution is 6.01. The number of aromatic nitrogens is 2. The molecule has 2 heterocycles. The summed E-state index contributed by atoms with van der Waals surface area (Å²) in [6.45, 7) is 7.74. The van der Waals surface area contributed by atoms with Crippen LogP contribution in [0.5, 0.6) is 5.75 Å². The van der Waals surface area contributed by atoms with E-state index in [1.54, 1.807) is 6.07 Å². The zero-order chi connectivity index (χ0) is 24.9. The van der Waals surface area contributed by atoms with Gasteiger partial charge >= 0.3 is 5.97 Å². The second-order valence-electron chi connectivity index (χ2n) is 10.2. The fraction of sp³-hybridized carbons (Fsp3) is 0.321. The predicted octanol–water partition coefficient (Wildman–Crippen LogP) is 5.15. The van der Waals surface area contributed by atoms with Crippen LogP contribution >= 0.6 is 0 Å². The Kier molecular flexibility index (Phi) is 5.50. The molecule has 0 bridgehead atoms. The molecule has 7 nitrogen and oxygen atoms in total. The number of allylic oxidation sites excluding steroid dienone is 2. The van der Waals surface area contributed by atoms with Crippen LogP contribution in [-0.4, -0.2) is 33.2 Å². The van der Waals surface area contributed by atoms with Crippen molar-refractivity contribution < 1.29 is 19.4 Å². The Labute approximate surface area is 204 Å². The second-order valence-corrected chi connectivity index (χ2v) is 10.2. The number of benzene rings is 2. The Bertz CT molecular complexity index is 1370. The van der Waals surface area contributed by atoms with Gasteiger partial charge < -0.3 is 15.2 Å². The van der Waals surface area contributed by atoms with Crippen LogP contribution in [0.15, 0.2) is 59.8 Å². The Morgan fingerprint density at radius 1 is 1.14 bits per heavy atom. The van der Waals surface area contributed by atoms with E-state index < -0.39 is 18.5 Å². The minimum Gasteiger partial charge on any atom is -0.482 e. The largest absolute Gasteiger partial charge is 0.482 e. The summed E-state index contributed by atoms with van der Waals surface area (Å²) in [6, 6.07) is 15.5. The molecular weight excluding hydrogens is 442 g/mol.